The Kier molecular flexibility index (Phi) is 5.38. The van der Waals surface area contributed by atoms with Gasteiger partial charge in [-0.2, -0.15) is 5.48 Å². The molecular formula is C20H21BrFNO3. The first-order chi connectivity index (χ1) is 12.7. The van der Waals surface area contributed by atoms with Crippen molar-refractivity contribution in [3.8, 4) is 0 Å². The highest BCUT2D eigenvalue weighted by atomic mass is 79.9. The van der Waals surface area contributed by atoms with Gasteiger partial charge in [0.05, 0.1) is 38.1 Å². The Balaban J connectivity index is 1.41. The summed E-state index contributed by atoms with van der Waals surface area (Å²) in [4.78, 5) is 5.51. The van der Waals surface area contributed by atoms with Crippen LogP contribution in [-0.2, 0) is 26.5 Å². The Morgan fingerprint density at radius 1 is 1.23 bits per heavy atom. The van der Waals surface area contributed by atoms with E-state index in [0.717, 1.165) is 16.5 Å². The smallest absolute Gasteiger partial charge is 0.128 e. The molecule has 1 N–H and O–H groups in total. The third-order valence-corrected chi connectivity index (χ3v) is 5.65. The van der Waals surface area contributed by atoms with Crippen LogP contribution in [0.5, 0.6) is 0 Å². The zero-order chi connectivity index (χ0) is 18.0. The van der Waals surface area contributed by atoms with Gasteiger partial charge in [0.25, 0.3) is 0 Å². The van der Waals surface area contributed by atoms with Gasteiger partial charge in [-0.15, -0.1) is 0 Å². The molecule has 3 atom stereocenters. The minimum absolute atomic E-state index is 0.0180. The van der Waals surface area contributed by atoms with E-state index in [4.69, 9.17) is 14.3 Å². The van der Waals surface area contributed by atoms with Gasteiger partial charge in [-0.3, -0.25) is 0 Å². The fourth-order valence-electron chi connectivity index (χ4n) is 3.74. The van der Waals surface area contributed by atoms with Crippen molar-refractivity contribution in [2.24, 2.45) is 5.92 Å². The average Bonchev–Trinajstić information content (AvgIpc) is 3.09. The van der Waals surface area contributed by atoms with Crippen LogP contribution in [0.4, 0.5) is 4.39 Å². The molecule has 138 valence electrons. The van der Waals surface area contributed by atoms with Gasteiger partial charge >= 0.3 is 0 Å². The molecule has 0 amide bonds. The largest absolute Gasteiger partial charge is 0.374 e. The molecular weight excluding hydrogens is 401 g/mol. The van der Waals surface area contributed by atoms with Gasteiger partial charge in [0, 0.05) is 16.0 Å². The van der Waals surface area contributed by atoms with E-state index in [2.05, 4.69) is 21.4 Å². The molecule has 0 bridgehead atoms. The summed E-state index contributed by atoms with van der Waals surface area (Å²) in [6, 6.07) is 15.0. The van der Waals surface area contributed by atoms with Gasteiger partial charge in [0.2, 0.25) is 0 Å². The van der Waals surface area contributed by atoms with Gasteiger partial charge < -0.3 is 14.3 Å². The lowest BCUT2D eigenvalue weighted by atomic mass is 9.75. The van der Waals surface area contributed by atoms with E-state index in [1.807, 2.05) is 30.3 Å². The SMILES string of the molecule is Fc1ccc(Br)cc1[C@]12COC(COCc3ccccc3)CC1CON2. The molecule has 2 aliphatic heterocycles. The summed E-state index contributed by atoms with van der Waals surface area (Å²) in [6.45, 7) is 1.96. The van der Waals surface area contributed by atoms with Crippen LogP contribution in [0.25, 0.3) is 0 Å². The van der Waals surface area contributed by atoms with Crippen molar-refractivity contribution in [2.75, 3.05) is 19.8 Å². The lowest BCUT2D eigenvalue weighted by molar-refractivity contribution is -0.0996. The zero-order valence-electron chi connectivity index (χ0n) is 14.3. The minimum atomic E-state index is -0.649. The Morgan fingerprint density at radius 3 is 2.92 bits per heavy atom. The van der Waals surface area contributed by atoms with E-state index in [1.165, 1.54) is 6.07 Å². The molecule has 2 heterocycles. The molecule has 0 radical (unpaired) electrons. The van der Waals surface area contributed by atoms with Crippen molar-refractivity contribution in [3.05, 3.63) is 69.9 Å². The summed E-state index contributed by atoms with van der Waals surface area (Å²) < 4.78 is 27.2. The normalized spacial score (nSPS) is 28.1. The summed E-state index contributed by atoms with van der Waals surface area (Å²) >= 11 is 3.43. The molecule has 0 spiro atoms. The standard InChI is InChI=1S/C20H21BrFNO3/c21-16-6-7-19(22)18(9-16)20-13-25-17(8-15(20)11-26-23-20)12-24-10-14-4-2-1-3-5-14/h1-7,9,15,17,23H,8,10-13H2/t15?,17?,20-/m0/s1. The second-order valence-corrected chi connectivity index (χ2v) is 7.79. The maximum atomic E-state index is 14.5. The van der Waals surface area contributed by atoms with Crippen LogP contribution < -0.4 is 5.48 Å². The Hall–Kier alpha value is -1.31. The van der Waals surface area contributed by atoms with Crippen molar-refractivity contribution in [2.45, 2.75) is 24.7 Å². The molecule has 0 aliphatic carbocycles. The predicted octanol–water partition coefficient (Wildman–Crippen LogP) is 3.94. The zero-order valence-corrected chi connectivity index (χ0v) is 15.9. The number of halogens is 2. The summed E-state index contributed by atoms with van der Waals surface area (Å²) in [7, 11) is 0. The van der Waals surface area contributed by atoms with Crippen molar-refractivity contribution < 1.29 is 18.7 Å². The van der Waals surface area contributed by atoms with Gasteiger partial charge in [0.15, 0.2) is 0 Å². The Labute approximate surface area is 160 Å². The number of hydroxylamine groups is 1. The second kappa shape index (κ2) is 7.74. The molecule has 26 heavy (non-hydrogen) atoms. The van der Waals surface area contributed by atoms with Gasteiger partial charge in [-0.1, -0.05) is 46.3 Å². The van der Waals surface area contributed by atoms with Crippen molar-refractivity contribution in [1.82, 2.24) is 5.48 Å². The summed E-state index contributed by atoms with van der Waals surface area (Å²) in [5.74, 6) is -0.121. The summed E-state index contributed by atoms with van der Waals surface area (Å²) in [6.07, 6.45) is 0.740. The topological polar surface area (TPSA) is 39.7 Å². The highest BCUT2D eigenvalue weighted by molar-refractivity contribution is 9.10. The van der Waals surface area contributed by atoms with Crippen LogP contribution in [0.2, 0.25) is 0 Å². The maximum Gasteiger partial charge on any atom is 0.128 e. The number of ether oxygens (including phenoxy) is 2. The summed E-state index contributed by atoms with van der Waals surface area (Å²) in [5, 5.41) is 0. The summed E-state index contributed by atoms with van der Waals surface area (Å²) in [5.41, 5.74) is 4.10. The fourth-order valence-corrected chi connectivity index (χ4v) is 4.10. The average molecular weight is 422 g/mol. The monoisotopic (exact) mass is 421 g/mol. The van der Waals surface area contributed by atoms with E-state index >= 15 is 0 Å². The number of fused-ring (bicyclic) bond motifs is 1. The first kappa shape index (κ1) is 18.1. The highest BCUT2D eigenvalue weighted by Gasteiger charge is 2.51. The molecule has 0 aromatic heterocycles. The van der Waals surface area contributed by atoms with E-state index < -0.39 is 5.54 Å². The van der Waals surface area contributed by atoms with Crippen LogP contribution >= 0.6 is 15.9 Å². The Morgan fingerprint density at radius 2 is 2.08 bits per heavy atom. The minimum Gasteiger partial charge on any atom is -0.374 e. The van der Waals surface area contributed by atoms with Crippen molar-refractivity contribution >= 4 is 15.9 Å². The van der Waals surface area contributed by atoms with Gasteiger partial charge in [0.1, 0.15) is 5.82 Å². The molecule has 2 saturated heterocycles. The van der Waals surface area contributed by atoms with E-state index in [0.29, 0.717) is 32.0 Å². The van der Waals surface area contributed by atoms with Gasteiger partial charge in [-0.05, 0) is 30.2 Å². The van der Waals surface area contributed by atoms with E-state index in [-0.39, 0.29) is 17.8 Å². The third kappa shape index (κ3) is 3.57. The van der Waals surface area contributed by atoms with Crippen LogP contribution in [0.3, 0.4) is 0 Å². The highest BCUT2D eigenvalue weighted by Crippen LogP contribution is 2.43. The predicted molar refractivity (Wildman–Crippen MR) is 98.8 cm³/mol. The number of hydrogen-bond acceptors (Lipinski definition) is 4. The van der Waals surface area contributed by atoms with Crippen LogP contribution in [0.15, 0.2) is 53.0 Å². The molecule has 4 nitrogen and oxygen atoms in total. The molecule has 2 aromatic carbocycles. The Bertz CT molecular complexity index is 760. The molecule has 4 rings (SSSR count). The number of nitrogens with one attached hydrogen (secondary N) is 1. The van der Waals surface area contributed by atoms with Crippen LogP contribution in [-0.4, -0.2) is 25.9 Å². The second-order valence-electron chi connectivity index (χ2n) is 6.87. The van der Waals surface area contributed by atoms with Crippen molar-refractivity contribution in [1.29, 1.82) is 0 Å². The molecule has 2 unspecified atom stereocenters. The number of benzene rings is 2. The fraction of sp³-hybridized carbons (Fsp3) is 0.400. The number of rotatable bonds is 5. The van der Waals surface area contributed by atoms with E-state index in [1.54, 1.807) is 12.1 Å². The molecule has 2 aliphatic rings. The van der Waals surface area contributed by atoms with Crippen LogP contribution in [0.1, 0.15) is 17.5 Å². The maximum absolute atomic E-state index is 14.5. The van der Waals surface area contributed by atoms with Crippen molar-refractivity contribution in [3.63, 3.8) is 0 Å². The molecule has 6 heteroatoms. The van der Waals surface area contributed by atoms with E-state index in [9.17, 15) is 4.39 Å². The lowest BCUT2D eigenvalue weighted by Crippen LogP contribution is -2.52. The third-order valence-electron chi connectivity index (χ3n) is 5.15. The molecule has 0 saturated carbocycles. The number of hydrogen-bond donors (Lipinski definition) is 1. The lowest BCUT2D eigenvalue weighted by Gasteiger charge is -2.41. The quantitative estimate of drug-likeness (QED) is 0.793. The molecule has 2 aromatic rings. The molecule has 2 fully saturated rings. The van der Waals surface area contributed by atoms with Crippen LogP contribution in [0, 0.1) is 11.7 Å². The first-order valence-electron chi connectivity index (χ1n) is 8.75. The first-order valence-corrected chi connectivity index (χ1v) is 9.54. The van der Waals surface area contributed by atoms with Gasteiger partial charge in [-0.25, -0.2) is 4.39 Å².